The summed E-state index contributed by atoms with van der Waals surface area (Å²) in [7, 11) is 0. The number of nitrogens with zero attached hydrogens (tertiary/aromatic N) is 5. The molecule has 1 atom stereocenters. The van der Waals surface area contributed by atoms with Gasteiger partial charge in [-0.15, -0.1) is 0 Å². The average Bonchev–Trinajstić information content (AvgIpc) is 2.82. The highest BCUT2D eigenvalue weighted by molar-refractivity contribution is 5.94. The summed E-state index contributed by atoms with van der Waals surface area (Å²) in [4.78, 5) is 10.0. The van der Waals surface area contributed by atoms with E-state index in [0.29, 0.717) is 5.69 Å². The molecule has 0 amide bonds. The van der Waals surface area contributed by atoms with E-state index in [0.717, 1.165) is 0 Å². The van der Waals surface area contributed by atoms with E-state index >= 15 is 0 Å². The Morgan fingerprint density at radius 3 is 2.65 bits per heavy atom. The quantitative estimate of drug-likeness (QED) is 0.275. The summed E-state index contributed by atoms with van der Waals surface area (Å²) in [5.41, 5.74) is -0.337. The molecule has 0 radical (unpaired) electrons. The molecule has 1 saturated heterocycles. The zero-order chi connectivity index (χ0) is 14.8. The van der Waals surface area contributed by atoms with E-state index in [9.17, 15) is 0 Å². The van der Waals surface area contributed by atoms with Gasteiger partial charge < -0.3 is 5.32 Å². The zero-order valence-electron chi connectivity index (χ0n) is 11.5. The van der Waals surface area contributed by atoms with Gasteiger partial charge >= 0.3 is 0 Å². The van der Waals surface area contributed by atoms with E-state index in [-0.39, 0.29) is 11.5 Å². The molecular weight excluding hydrogens is 254 g/mol. The Balaban J connectivity index is 2.25. The van der Waals surface area contributed by atoms with Crippen molar-refractivity contribution < 1.29 is 0 Å². The predicted molar refractivity (Wildman–Crippen MR) is 74.0 cm³/mol. The normalized spacial score (nSPS) is 23.4. The van der Waals surface area contributed by atoms with Crippen LogP contribution in [0.4, 0.5) is 5.69 Å². The van der Waals surface area contributed by atoms with Crippen LogP contribution >= 0.6 is 0 Å². The summed E-state index contributed by atoms with van der Waals surface area (Å²) in [6, 6.07) is 3.58. The summed E-state index contributed by atoms with van der Waals surface area (Å²) in [6.07, 6.45) is 7.22. The number of aliphatic imine (C=N–C) groups is 1. The second-order valence-corrected chi connectivity index (χ2v) is 5.08. The highest BCUT2D eigenvalue weighted by atomic mass is 15.5. The first-order chi connectivity index (χ1) is 9.45. The van der Waals surface area contributed by atoms with Crippen LogP contribution in [0.3, 0.4) is 0 Å². The van der Waals surface area contributed by atoms with Gasteiger partial charge in [0.15, 0.2) is 18.0 Å². The molecule has 0 spiro atoms. The van der Waals surface area contributed by atoms with Gasteiger partial charge in [-0.1, -0.05) is 0 Å². The number of hydrogen-bond donors (Lipinski definition) is 2. The van der Waals surface area contributed by atoms with Gasteiger partial charge in [0.25, 0.3) is 0 Å². The average molecular weight is 269 g/mol. The van der Waals surface area contributed by atoms with Crippen molar-refractivity contribution in [2.45, 2.75) is 32.0 Å². The Hall–Kier alpha value is -2.80. The molecule has 0 aliphatic carbocycles. The van der Waals surface area contributed by atoms with Gasteiger partial charge in [0, 0.05) is 6.20 Å². The smallest absolute Gasteiger partial charge is 0.211 e. The molecule has 0 saturated carbocycles. The molecular formula is C13H15N7. The Morgan fingerprint density at radius 1 is 1.40 bits per heavy atom. The van der Waals surface area contributed by atoms with Crippen LogP contribution in [0.2, 0.25) is 0 Å². The monoisotopic (exact) mass is 269 g/mol. The molecule has 1 unspecified atom stereocenters. The Kier molecular flexibility index (Phi) is 3.21. The lowest BCUT2D eigenvalue weighted by molar-refractivity contribution is 0.559. The molecule has 2 heterocycles. The standard InChI is InChI=1S/C13H15N7/c1-12(2)13(3,20(12)9-15)19-11(17-8-14)18-10-5-4-6-16-7-10/h4-7H,1-3H3,(H2,17,18,19). The number of rotatable bonds is 2. The number of nitrogens with one attached hydrogen (secondary N) is 2. The van der Waals surface area contributed by atoms with Crippen molar-refractivity contribution in [2.75, 3.05) is 5.32 Å². The van der Waals surface area contributed by atoms with E-state index in [4.69, 9.17) is 10.5 Å². The summed E-state index contributed by atoms with van der Waals surface area (Å²) in [6.45, 7) is 5.70. The summed E-state index contributed by atoms with van der Waals surface area (Å²) in [5, 5.41) is 23.4. The highest BCUT2D eigenvalue weighted by Gasteiger charge is 2.67. The molecule has 1 aromatic heterocycles. The third-order valence-corrected chi connectivity index (χ3v) is 3.63. The number of anilines is 1. The summed E-state index contributed by atoms with van der Waals surface area (Å²) < 4.78 is 0. The van der Waals surface area contributed by atoms with Gasteiger partial charge in [-0.2, -0.15) is 10.5 Å². The van der Waals surface area contributed by atoms with E-state index in [1.165, 1.54) is 0 Å². The summed E-state index contributed by atoms with van der Waals surface area (Å²) >= 11 is 0. The van der Waals surface area contributed by atoms with Crippen molar-refractivity contribution in [3.05, 3.63) is 24.5 Å². The van der Waals surface area contributed by atoms with Gasteiger partial charge in [-0.3, -0.25) is 15.2 Å². The van der Waals surface area contributed by atoms with Gasteiger partial charge in [-0.25, -0.2) is 4.99 Å². The molecule has 7 nitrogen and oxygen atoms in total. The third kappa shape index (κ3) is 2.10. The van der Waals surface area contributed by atoms with Crippen LogP contribution < -0.4 is 10.6 Å². The lowest BCUT2D eigenvalue weighted by Gasteiger charge is -2.11. The SMILES string of the molecule is CC1(C)N(C#N)C1(C)/N=C(/NC#N)Nc1cccnc1. The largest absolute Gasteiger partial charge is 0.324 e. The van der Waals surface area contributed by atoms with E-state index in [1.807, 2.05) is 33.0 Å². The maximum absolute atomic E-state index is 9.10. The number of hydrogen-bond acceptors (Lipinski definition) is 5. The molecule has 0 aromatic carbocycles. The minimum absolute atomic E-state index is 0.286. The maximum Gasteiger partial charge on any atom is 0.211 e. The van der Waals surface area contributed by atoms with Crippen molar-refractivity contribution in [3.8, 4) is 12.4 Å². The maximum atomic E-state index is 9.10. The second kappa shape index (κ2) is 4.71. The van der Waals surface area contributed by atoms with Crippen LogP contribution in [0.25, 0.3) is 0 Å². The van der Waals surface area contributed by atoms with Crippen LogP contribution in [-0.2, 0) is 0 Å². The zero-order valence-corrected chi connectivity index (χ0v) is 11.5. The summed E-state index contributed by atoms with van der Waals surface area (Å²) in [5.74, 6) is 0.286. The van der Waals surface area contributed by atoms with Crippen LogP contribution in [-0.4, -0.2) is 27.0 Å². The van der Waals surface area contributed by atoms with Crippen LogP contribution in [0.5, 0.6) is 0 Å². The number of pyridine rings is 1. The molecule has 1 aromatic rings. The van der Waals surface area contributed by atoms with Crippen LogP contribution in [0.1, 0.15) is 20.8 Å². The highest BCUT2D eigenvalue weighted by Crippen LogP contribution is 2.51. The lowest BCUT2D eigenvalue weighted by atomic mass is 10.1. The third-order valence-electron chi connectivity index (χ3n) is 3.63. The minimum atomic E-state index is -0.670. The van der Waals surface area contributed by atoms with Gasteiger partial charge in [-0.05, 0) is 32.9 Å². The second-order valence-electron chi connectivity index (χ2n) is 5.08. The first-order valence-electron chi connectivity index (χ1n) is 6.08. The topological polar surface area (TPSA) is 99.9 Å². The fourth-order valence-electron chi connectivity index (χ4n) is 2.07. The minimum Gasteiger partial charge on any atom is -0.324 e. The van der Waals surface area contributed by atoms with Gasteiger partial charge in [0.2, 0.25) is 5.96 Å². The van der Waals surface area contributed by atoms with Crippen molar-refractivity contribution in [2.24, 2.45) is 4.99 Å². The fraction of sp³-hybridized carbons (Fsp3) is 0.385. The molecule has 1 aliphatic rings. The number of guanidine groups is 1. The number of aromatic nitrogens is 1. The molecule has 1 aliphatic heterocycles. The van der Waals surface area contributed by atoms with Crippen LogP contribution in [0, 0.1) is 22.9 Å². The van der Waals surface area contributed by atoms with Gasteiger partial charge in [0.1, 0.15) is 0 Å². The van der Waals surface area contributed by atoms with Crippen molar-refractivity contribution in [1.82, 2.24) is 15.2 Å². The number of nitriles is 2. The first kappa shape index (κ1) is 13.6. The molecule has 2 N–H and O–H groups in total. The van der Waals surface area contributed by atoms with E-state index in [1.54, 1.807) is 23.4 Å². The Morgan fingerprint density at radius 2 is 2.15 bits per heavy atom. The molecule has 102 valence electrons. The van der Waals surface area contributed by atoms with Crippen LogP contribution in [0.15, 0.2) is 29.5 Å². The molecule has 20 heavy (non-hydrogen) atoms. The lowest BCUT2D eigenvalue weighted by Crippen LogP contribution is -2.30. The van der Waals surface area contributed by atoms with E-state index in [2.05, 4.69) is 26.8 Å². The fourth-order valence-corrected chi connectivity index (χ4v) is 2.07. The molecule has 7 heteroatoms. The molecule has 1 fully saturated rings. The Bertz CT molecular complexity index is 608. The van der Waals surface area contributed by atoms with Crippen molar-refractivity contribution in [1.29, 1.82) is 10.5 Å². The molecule has 2 rings (SSSR count). The molecule has 0 bridgehead atoms. The van der Waals surface area contributed by atoms with Crippen molar-refractivity contribution >= 4 is 11.6 Å². The predicted octanol–water partition coefficient (Wildman–Crippen LogP) is 1.21. The van der Waals surface area contributed by atoms with E-state index < -0.39 is 5.66 Å². The first-order valence-corrected chi connectivity index (χ1v) is 6.08. The van der Waals surface area contributed by atoms with Crippen molar-refractivity contribution in [3.63, 3.8) is 0 Å². The Labute approximate surface area is 117 Å². The van der Waals surface area contributed by atoms with Gasteiger partial charge in [0.05, 0.1) is 17.4 Å².